The maximum atomic E-state index is 13.2. The van der Waals surface area contributed by atoms with Gasteiger partial charge in [-0.05, 0) is 30.7 Å². The molecular formula is C15H21F2N3. The van der Waals surface area contributed by atoms with E-state index in [1.165, 1.54) is 18.6 Å². The minimum absolute atomic E-state index is 0.490. The molecule has 1 N–H and O–H groups in total. The van der Waals surface area contributed by atoms with E-state index in [2.05, 4.69) is 15.1 Å². The smallest absolute Gasteiger partial charge is 0.126 e. The topological polar surface area (TPSA) is 18.5 Å². The van der Waals surface area contributed by atoms with Crippen LogP contribution in [0.15, 0.2) is 18.2 Å². The second-order valence-corrected chi connectivity index (χ2v) is 5.74. The van der Waals surface area contributed by atoms with Gasteiger partial charge in [-0.2, -0.15) is 0 Å². The molecular weight excluding hydrogens is 260 g/mol. The van der Waals surface area contributed by atoms with E-state index >= 15 is 0 Å². The molecule has 2 fully saturated rings. The lowest BCUT2D eigenvalue weighted by atomic mass is 10.1. The van der Waals surface area contributed by atoms with Crippen molar-refractivity contribution in [3.63, 3.8) is 0 Å². The van der Waals surface area contributed by atoms with Gasteiger partial charge < -0.3 is 5.32 Å². The van der Waals surface area contributed by atoms with Crippen molar-refractivity contribution < 1.29 is 8.78 Å². The summed E-state index contributed by atoms with van der Waals surface area (Å²) in [5.41, 5.74) is 0.721. The first-order valence-electron chi connectivity index (χ1n) is 7.33. The van der Waals surface area contributed by atoms with Crippen LogP contribution in [-0.2, 0) is 6.54 Å². The molecule has 2 heterocycles. The molecule has 0 saturated carbocycles. The van der Waals surface area contributed by atoms with Gasteiger partial charge in [0.25, 0.3) is 0 Å². The van der Waals surface area contributed by atoms with Gasteiger partial charge in [0.2, 0.25) is 0 Å². The van der Waals surface area contributed by atoms with E-state index in [0.29, 0.717) is 12.6 Å². The summed E-state index contributed by atoms with van der Waals surface area (Å²) in [7, 11) is 0. The van der Waals surface area contributed by atoms with Gasteiger partial charge in [0, 0.05) is 51.4 Å². The van der Waals surface area contributed by atoms with Crippen LogP contribution in [0.25, 0.3) is 0 Å². The van der Waals surface area contributed by atoms with E-state index in [-0.39, 0.29) is 0 Å². The molecule has 2 aliphatic heterocycles. The Morgan fingerprint density at radius 2 is 1.75 bits per heavy atom. The molecule has 20 heavy (non-hydrogen) atoms. The van der Waals surface area contributed by atoms with Crippen LogP contribution in [0.1, 0.15) is 12.0 Å². The lowest BCUT2D eigenvalue weighted by Crippen LogP contribution is -2.50. The Kier molecular flexibility index (Phi) is 4.29. The summed E-state index contributed by atoms with van der Waals surface area (Å²) in [6.07, 6.45) is 1.23. The van der Waals surface area contributed by atoms with E-state index in [0.717, 1.165) is 50.9 Å². The standard InChI is InChI=1S/C15H21F2N3/c16-13-7-12(8-14(17)9-13)11-19-3-5-20(6-4-19)15-1-2-18-10-15/h7-9,15,18H,1-6,10-11H2. The third kappa shape index (κ3) is 3.34. The largest absolute Gasteiger partial charge is 0.315 e. The van der Waals surface area contributed by atoms with Gasteiger partial charge >= 0.3 is 0 Å². The molecule has 0 amide bonds. The van der Waals surface area contributed by atoms with Crippen molar-refractivity contribution in [2.45, 2.75) is 19.0 Å². The highest BCUT2D eigenvalue weighted by Crippen LogP contribution is 2.15. The maximum Gasteiger partial charge on any atom is 0.126 e. The molecule has 2 saturated heterocycles. The van der Waals surface area contributed by atoms with E-state index in [1.807, 2.05) is 0 Å². The molecule has 0 bridgehead atoms. The van der Waals surface area contributed by atoms with Crippen molar-refractivity contribution in [2.75, 3.05) is 39.3 Å². The molecule has 110 valence electrons. The average molecular weight is 281 g/mol. The molecule has 0 aromatic heterocycles. The van der Waals surface area contributed by atoms with Gasteiger partial charge in [0.1, 0.15) is 11.6 Å². The average Bonchev–Trinajstić information content (AvgIpc) is 2.92. The first-order chi connectivity index (χ1) is 9.70. The van der Waals surface area contributed by atoms with Crippen LogP contribution >= 0.6 is 0 Å². The summed E-state index contributed by atoms with van der Waals surface area (Å²) in [5.74, 6) is -0.980. The number of halogens is 2. The van der Waals surface area contributed by atoms with E-state index in [1.54, 1.807) is 0 Å². The Hall–Kier alpha value is -1.04. The Labute approximate surface area is 118 Å². The van der Waals surface area contributed by atoms with Gasteiger partial charge in [0.05, 0.1) is 0 Å². The molecule has 0 aliphatic carbocycles. The maximum absolute atomic E-state index is 13.2. The van der Waals surface area contributed by atoms with Crippen LogP contribution in [-0.4, -0.2) is 55.1 Å². The lowest BCUT2D eigenvalue weighted by molar-refractivity contribution is 0.0980. The van der Waals surface area contributed by atoms with E-state index in [9.17, 15) is 8.78 Å². The number of benzene rings is 1. The Morgan fingerprint density at radius 1 is 1.05 bits per heavy atom. The Balaban J connectivity index is 1.53. The van der Waals surface area contributed by atoms with Crippen LogP contribution in [0.3, 0.4) is 0 Å². The van der Waals surface area contributed by atoms with Gasteiger partial charge in [-0.1, -0.05) is 0 Å². The highest BCUT2D eigenvalue weighted by Gasteiger charge is 2.25. The van der Waals surface area contributed by atoms with Crippen LogP contribution in [0, 0.1) is 11.6 Å². The molecule has 2 aliphatic rings. The van der Waals surface area contributed by atoms with E-state index < -0.39 is 11.6 Å². The second-order valence-electron chi connectivity index (χ2n) is 5.74. The molecule has 0 radical (unpaired) electrons. The lowest BCUT2D eigenvalue weighted by Gasteiger charge is -2.37. The SMILES string of the molecule is Fc1cc(F)cc(CN2CCN(C3CCNC3)CC2)c1. The van der Waals surface area contributed by atoms with Gasteiger partial charge in [-0.25, -0.2) is 8.78 Å². The minimum Gasteiger partial charge on any atom is -0.315 e. The molecule has 1 unspecified atom stereocenters. The summed E-state index contributed by atoms with van der Waals surface area (Å²) in [4.78, 5) is 4.80. The first-order valence-corrected chi connectivity index (χ1v) is 7.33. The van der Waals surface area contributed by atoms with Gasteiger partial charge in [0.15, 0.2) is 0 Å². The number of hydrogen-bond acceptors (Lipinski definition) is 3. The van der Waals surface area contributed by atoms with Crippen LogP contribution in [0.5, 0.6) is 0 Å². The van der Waals surface area contributed by atoms with Crippen LogP contribution in [0.2, 0.25) is 0 Å². The fraction of sp³-hybridized carbons (Fsp3) is 0.600. The summed E-state index contributed by atoms with van der Waals surface area (Å²) >= 11 is 0. The van der Waals surface area contributed by atoms with E-state index in [4.69, 9.17) is 0 Å². The minimum atomic E-state index is -0.490. The normalized spacial score (nSPS) is 25.2. The molecule has 0 spiro atoms. The van der Waals surface area contributed by atoms with Crippen LogP contribution in [0.4, 0.5) is 8.78 Å². The fourth-order valence-corrected chi connectivity index (χ4v) is 3.20. The molecule has 1 aromatic rings. The van der Waals surface area contributed by atoms with Crippen LogP contribution < -0.4 is 5.32 Å². The summed E-state index contributed by atoms with van der Waals surface area (Å²) in [6.45, 7) is 6.87. The monoisotopic (exact) mass is 281 g/mol. The van der Waals surface area contributed by atoms with Crippen molar-refractivity contribution >= 4 is 0 Å². The third-order valence-corrected chi connectivity index (χ3v) is 4.29. The van der Waals surface area contributed by atoms with Crippen molar-refractivity contribution in [3.8, 4) is 0 Å². The van der Waals surface area contributed by atoms with Crippen molar-refractivity contribution in [1.29, 1.82) is 0 Å². The number of piperazine rings is 1. The van der Waals surface area contributed by atoms with Gasteiger partial charge in [-0.15, -0.1) is 0 Å². The Bertz CT molecular complexity index is 432. The predicted molar refractivity (Wildman–Crippen MR) is 74.5 cm³/mol. The highest BCUT2D eigenvalue weighted by molar-refractivity contribution is 5.17. The van der Waals surface area contributed by atoms with Crippen molar-refractivity contribution in [2.24, 2.45) is 0 Å². The molecule has 5 heteroatoms. The molecule has 1 aromatic carbocycles. The number of nitrogens with zero attached hydrogens (tertiary/aromatic N) is 2. The Morgan fingerprint density at radius 3 is 2.35 bits per heavy atom. The van der Waals surface area contributed by atoms with Crippen molar-refractivity contribution in [1.82, 2.24) is 15.1 Å². The quantitative estimate of drug-likeness (QED) is 0.904. The molecule has 3 rings (SSSR count). The predicted octanol–water partition coefficient (Wildman–Crippen LogP) is 1.44. The highest BCUT2D eigenvalue weighted by atomic mass is 19.1. The zero-order valence-corrected chi connectivity index (χ0v) is 11.6. The number of nitrogens with one attached hydrogen (secondary N) is 1. The molecule has 1 atom stereocenters. The fourth-order valence-electron chi connectivity index (χ4n) is 3.20. The number of hydrogen-bond donors (Lipinski definition) is 1. The third-order valence-electron chi connectivity index (χ3n) is 4.29. The zero-order valence-electron chi connectivity index (χ0n) is 11.6. The summed E-state index contributed by atoms with van der Waals surface area (Å²) < 4.78 is 26.3. The summed E-state index contributed by atoms with van der Waals surface area (Å²) in [6, 6.07) is 4.45. The number of rotatable bonds is 3. The molecule has 3 nitrogen and oxygen atoms in total. The first kappa shape index (κ1) is 13.9. The second kappa shape index (κ2) is 6.16. The summed E-state index contributed by atoms with van der Waals surface area (Å²) in [5, 5.41) is 3.39. The van der Waals surface area contributed by atoms with Gasteiger partial charge in [-0.3, -0.25) is 9.80 Å². The zero-order chi connectivity index (χ0) is 13.9. The van der Waals surface area contributed by atoms with Crippen molar-refractivity contribution in [3.05, 3.63) is 35.4 Å².